The first-order valence-electron chi connectivity index (χ1n) is 8.74. The lowest BCUT2D eigenvalue weighted by Gasteiger charge is -2.17. The second kappa shape index (κ2) is 6.16. The standard InChI is InChI=1S/C19H21N3O4/c1-3-10-15-13(22-18(24)16(10)15)8-26-19-11-7-14(25-2)12(17(20)23)6-9(11)4-5-21-19/h4-7,10,13,15-16H,3,8H2,1-2H3,(H2,20,23)(H,22,24)/t10?,13-,15-,16-/m1/s1. The van der Waals surface area contributed by atoms with Gasteiger partial charge < -0.3 is 20.5 Å². The lowest BCUT2D eigenvalue weighted by atomic mass is 10.1. The Morgan fingerprint density at radius 2 is 2.19 bits per heavy atom. The maximum atomic E-state index is 12.0. The van der Waals surface area contributed by atoms with Crippen LogP contribution in [0.5, 0.6) is 11.6 Å². The number of benzene rings is 1. The van der Waals surface area contributed by atoms with Crippen LogP contribution in [0.25, 0.3) is 10.8 Å². The molecule has 3 N–H and O–H groups in total. The average molecular weight is 355 g/mol. The van der Waals surface area contributed by atoms with Gasteiger partial charge in [0, 0.05) is 17.5 Å². The minimum absolute atomic E-state index is 0.0151. The predicted octanol–water partition coefficient (Wildman–Crippen LogP) is 1.49. The van der Waals surface area contributed by atoms with Crippen molar-refractivity contribution in [2.24, 2.45) is 23.5 Å². The summed E-state index contributed by atoms with van der Waals surface area (Å²) in [5.41, 5.74) is 5.73. The molecular weight excluding hydrogens is 334 g/mol. The number of methoxy groups -OCH3 is 1. The molecule has 1 saturated heterocycles. The molecule has 26 heavy (non-hydrogen) atoms. The molecular formula is C19H21N3O4. The minimum Gasteiger partial charge on any atom is -0.496 e. The molecule has 136 valence electrons. The van der Waals surface area contributed by atoms with Crippen LogP contribution in [-0.4, -0.2) is 36.6 Å². The maximum Gasteiger partial charge on any atom is 0.252 e. The molecule has 2 aliphatic rings. The molecule has 0 spiro atoms. The van der Waals surface area contributed by atoms with E-state index >= 15 is 0 Å². The highest BCUT2D eigenvalue weighted by atomic mass is 16.5. The highest BCUT2D eigenvalue weighted by Gasteiger charge is 2.62. The van der Waals surface area contributed by atoms with Crippen LogP contribution in [0.15, 0.2) is 24.4 Å². The van der Waals surface area contributed by atoms with E-state index < -0.39 is 5.91 Å². The quantitative estimate of drug-likeness (QED) is 0.817. The van der Waals surface area contributed by atoms with Crippen LogP contribution in [0.4, 0.5) is 0 Å². The zero-order chi connectivity index (χ0) is 18.4. The molecule has 1 aliphatic heterocycles. The van der Waals surface area contributed by atoms with Gasteiger partial charge in [-0.05, 0) is 35.4 Å². The van der Waals surface area contributed by atoms with Gasteiger partial charge >= 0.3 is 0 Å². The van der Waals surface area contributed by atoms with E-state index in [4.69, 9.17) is 15.2 Å². The number of piperidine rings is 1. The SMILES string of the molecule is CCC1[C@H]2[C@@H]1C(=O)N[C@@H]2COc1nccc2cc(C(N)=O)c(OC)cc12. The van der Waals surface area contributed by atoms with E-state index in [0.717, 1.165) is 17.2 Å². The van der Waals surface area contributed by atoms with Gasteiger partial charge in [0.1, 0.15) is 12.4 Å². The van der Waals surface area contributed by atoms with Gasteiger partial charge in [-0.2, -0.15) is 0 Å². The molecule has 0 bridgehead atoms. The number of rotatable bonds is 6. The normalized spacial score (nSPS) is 26.3. The second-order valence-corrected chi connectivity index (χ2v) is 6.86. The molecule has 2 heterocycles. The summed E-state index contributed by atoms with van der Waals surface area (Å²) in [6, 6.07) is 5.18. The molecule has 4 atom stereocenters. The Morgan fingerprint density at radius 3 is 2.85 bits per heavy atom. The first-order chi connectivity index (χ1) is 12.5. The smallest absolute Gasteiger partial charge is 0.252 e. The Labute approximate surface area is 150 Å². The number of hydrogen-bond donors (Lipinski definition) is 2. The van der Waals surface area contributed by atoms with Crippen LogP contribution in [0, 0.1) is 17.8 Å². The van der Waals surface area contributed by atoms with Gasteiger partial charge in [-0.3, -0.25) is 9.59 Å². The number of ether oxygens (including phenoxy) is 2. The molecule has 0 radical (unpaired) electrons. The lowest BCUT2D eigenvalue weighted by Crippen LogP contribution is -2.37. The second-order valence-electron chi connectivity index (χ2n) is 6.86. The van der Waals surface area contributed by atoms with Crippen LogP contribution < -0.4 is 20.5 Å². The molecule has 1 unspecified atom stereocenters. The molecule has 1 aromatic carbocycles. The van der Waals surface area contributed by atoms with Crippen molar-refractivity contribution in [2.45, 2.75) is 19.4 Å². The number of nitrogens with zero attached hydrogens (tertiary/aromatic N) is 1. The first-order valence-corrected chi connectivity index (χ1v) is 8.74. The van der Waals surface area contributed by atoms with Gasteiger partial charge in [0.25, 0.3) is 5.91 Å². The van der Waals surface area contributed by atoms with Crippen LogP contribution in [0.2, 0.25) is 0 Å². The summed E-state index contributed by atoms with van der Waals surface area (Å²) in [6.07, 6.45) is 2.63. The largest absolute Gasteiger partial charge is 0.496 e. The zero-order valence-electron chi connectivity index (χ0n) is 14.7. The number of primary amides is 1. The fourth-order valence-electron chi connectivity index (χ4n) is 4.19. The van der Waals surface area contributed by atoms with E-state index in [1.807, 2.05) is 0 Å². The van der Waals surface area contributed by atoms with E-state index in [-0.39, 0.29) is 17.9 Å². The van der Waals surface area contributed by atoms with E-state index in [0.29, 0.717) is 35.6 Å². The highest BCUT2D eigenvalue weighted by Crippen LogP contribution is 2.54. The van der Waals surface area contributed by atoms with Crippen LogP contribution >= 0.6 is 0 Å². The Morgan fingerprint density at radius 1 is 1.38 bits per heavy atom. The van der Waals surface area contributed by atoms with Crippen LogP contribution in [0.1, 0.15) is 23.7 Å². The van der Waals surface area contributed by atoms with Gasteiger partial charge in [0.15, 0.2) is 0 Å². The molecule has 2 aromatic rings. The van der Waals surface area contributed by atoms with Gasteiger partial charge in [-0.25, -0.2) is 4.98 Å². The number of aromatic nitrogens is 1. The zero-order valence-corrected chi connectivity index (χ0v) is 14.7. The lowest BCUT2D eigenvalue weighted by molar-refractivity contribution is -0.121. The number of fused-ring (bicyclic) bond motifs is 2. The number of hydrogen-bond acceptors (Lipinski definition) is 5. The third-order valence-corrected chi connectivity index (χ3v) is 5.51. The molecule has 7 heteroatoms. The molecule has 7 nitrogen and oxygen atoms in total. The first kappa shape index (κ1) is 16.6. The Balaban J connectivity index is 1.59. The third kappa shape index (κ3) is 2.55. The molecule has 2 amide bonds. The van der Waals surface area contributed by atoms with E-state index in [2.05, 4.69) is 17.2 Å². The van der Waals surface area contributed by atoms with Crippen molar-refractivity contribution in [3.63, 3.8) is 0 Å². The molecule has 1 aromatic heterocycles. The van der Waals surface area contributed by atoms with E-state index in [1.54, 1.807) is 24.4 Å². The average Bonchev–Trinajstić information content (AvgIpc) is 3.29. The van der Waals surface area contributed by atoms with Crippen molar-refractivity contribution >= 4 is 22.6 Å². The predicted molar refractivity (Wildman–Crippen MR) is 95.0 cm³/mol. The summed E-state index contributed by atoms with van der Waals surface area (Å²) in [5, 5.41) is 4.53. The summed E-state index contributed by atoms with van der Waals surface area (Å²) < 4.78 is 11.2. The number of pyridine rings is 1. The maximum absolute atomic E-state index is 12.0. The number of nitrogens with one attached hydrogen (secondary N) is 1. The fraction of sp³-hybridized carbons (Fsp3) is 0.421. The van der Waals surface area contributed by atoms with Gasteiger partial charge in [-0.15, -0.1) is 0 Å². The Hall–Kier alpha value is -2.83. The Bertz CT molecular complexity index is 898. The molecule has 2 fully saturated rings. The molecule has 4 rings (SSSR count). The van der Waals surface area contributed by atoms with Crippen molar-refractivity contribution in [1.82, 2.24) is 10.3 Å². The van der Waals surface area contributed by atoms with E-state index in [9.17, 15) is 9.59 Å². The number of nitrogens with two attached hydrogens (primary N) is 1. The topological polar surface area (TPSA) is 104 Å². The number of carbonyl (C=O) groups is 2. The highest BCUT2D eigenvalue weighted by molar-refractivity contribution is 6.01. The van der Waals surface area contributed by atoms with Crippen LogP contribution in [0.3, 0.4) is 0 Å². The number of carbonyl (C=O) groups excluding carboxylic acids is 2. The van der Waals surface area contributed by atoms with Gasteiger partial charge in [0.2, 0.25) is 11.8 Å². The summed E-state index contributed by atoms with van der Waals surface area (Å²) in [4.78, 5) is 27.9. The number of amides is 2. The fourth-order valence-corrected chi connectivity index (χ4v) is 4.19. The summed E-state index contributed by atoms with van der Waals surface area (Å²) in [5.74, 6) is 1.38. The monoisotopic (exact) mass is 355 g/mol. The van der Waals surface area contributed by atoms with Crippen molar-refractivity contribution in [3.05, 3.63) is 30.0 Å². The van der Waals surface area contributed by atoms with Crippen LogP contribution in [-0.2, 0) is 4.79 Å². The Kier molecular flexibility index (Phi) is 3.94. The van der Waals surface area contributed by atoms with Crippen molar-refractivity contribution in [3.8, 4) is 11.6 Å². The van der Waals surface area contributed by atoms with Crippen molar-refractivity contribution < 1.29 is 19.1 Å². The minimum atomic E-state index is -0.554. The molecule has 1 saturated carbocycles. The summed E-state index contributed by atoms with van der Waals surface area (Å²) >= 11 is 0. The van der Waals surface area contributed by atoms with E-state index in [1.165, 1.54) is 7.11 Å². The van der Waals surface area contributed by atoms with Crippen molar-refractivity contribution in [1.29, 1.82) is 0 Å². The van der Waals surface area contributed by atoms with Gasteiger partial charge in [0.05, 0.1) is 18.7 Å². The summed E-state index contributed by atoms with van der Waals surface area (Å²) in [7, 11) is 1.48. The third-order valence-electron chi connectivity index (χ3n) is 5.51. The van der Waals surface area contributed by atoms with Gasteiger partial charge in [-0.1, -0.05) is 13.3 Å². The molecule has 1 aliphatic carbocycles. The summed E-state index contributed by atoms with van der Waals surface area (Å²) in [6.45, 7) is 2.48. The van der Waals surface area contributed by atoms with Crippen molar-refractivity contribution in [2.75, 3.05) is 13.7 Å².